The fraction of sp³-hybridized carbons (Fsp3) is 0.211. The van der Waals surface area contributed by atoms with E-state index in [1.54, 1.807) is 30.3 Å². The quantitative estimate of drug-likeness (QED) is 0.553. The second-order valence-electron chi connectivity index (χ2n) is 5.87. The summed E-state index contributed by atoms with van der Waals surface area (Å²) >= 11 is 0. The Bertz CT molecular complexity index is 993. The second kappa shape index (κ2) is 8.22. The van der Waals surface area contributed by atoms with E-state index in [1.807, 2.05) is 18.2 Å². The van der Waals surface area contributed by atoms with Crippen LogP contribution in [0, 0.1) is 0 Å². The zero-order valence-electron chi connectivity index (χ0n) is 14.7. The molecule has 0 fully saturated rings. The van der Waals surface area contributed by atoms with Gasteiger partial charge in [-0.3, -0.25) is 9.59 Å². The highest BCUT2D eigenvalue weighted by Gasteiger charge is 2.18. The second-order valence-corrected chi connectivity index (χ2v) is 5.87. The number of carbonyl (C=O) groups excluding carboxylic acids is 2. The summed E-state index contributed by atoms with van der Waals surface area (Å²) in [6, 6.07) is 14.0. The molecular formula is C19H19N3O5. The molecule has 0 aliphatic carbocycles. The van der Waals surface area contributed by atoms with Gasteiger partial charge >= 0.3 is 11.7 Å². The first kappa shape index (κ1) is 18.2. The summed E-state index contributed by atoms with van der Waals surface area (Å²) in [6.07, 6.45) is -0.932. The molecule has 0 bridgehead atoms. The smallest absolute Gasteiger partial charge is 0.323 e. The van der Waals surface area contributed by atoms with Crippen molar-refractivity contribution in [2.24, 2.45) is 0 Å². The van der Waals surface area contributed by atoms with Crippen molar-refractivity contribution >= 4 is 28.6 Å². The van der Waals surface area contributed by atoms with Crippen LogP contribution in [0.5, 0.6) is 5.75 Å². The summed E-state index contributed by atoms with van der Waals surface area (Å²) in [7, 11) is 0. The van der Waals surface area contributed by atoms with Crippen molar-refractivity contribution < 1.29 is 19.1 Å². The summed E-state index contributed by atoms with van der Waals surface area (Å²) in [5, 5.41) is 2.65. The number of carbonyl (C=O) groups is 2. The van der Waals surface area contributed by atoms with Gasteiger partial charge in [-0.25, -0.2) is 4.79 Å². The van der Waals surface area contributed by atoms with E-state index in [1.165, 1.54) is 6.92 Å². The maximum Gasteiger partial charge on any atom is 0.323 e. The van der Waals surface area contributed by atoms with Crippen molar-refractivity contribution in [3.8, 4) is 5.75 Å². The zero-order valence-corrected chi connectivity index (χ0v) is 14.7. The molecule has 0 unspecified atom stereocenters. The zero-order chi connectivity index (χ0) is 19.2. The number of benzene rings is 2. The number of nitrogens with one attached hydrogen (secondary N) is 3. The number of imidazole rings is 1. The van der Waals surface area contributed by atoms with E-state index in [-0.39, 0.29) is 18.7 Å². The Balaban J connectivity index is 1.47. The summed E-state index contributed by atoms with van der Waals surface area (Å²) in [6.45, 7) is 1.65. The Hall–Kier alpha value is -3.55. The van der Waals surface area contributed by atoms with E-state index < -0.39 is 18.0 Å². The third-order valence-electron chi connectivity index (χ3n) is 3.78. The third-order valence-corrected chi connectivity index (χ3v) is 3.78. The van der Waals surface area contributed by atoms with Gasteiger partial charge in [-0.2, -0.15) is 0 Å². The van der Waals surface area contributed by atoms with Crippen LogP contribution in [-0.4, -0.2) is 34.6 Å². The fourth-order valence-corrected chi connectivity index (χ4v) is 2.43. The molecule has 27 heavy (non-hydrogen) atoms. The number of hydrogen-bond acceptors (Lipinski definition) is 5. The normalized spacial score (nSPS) is 11.7. The Morgan fingerprint density at radius 1 is 1.07 bits per heavy atom. The molecule has 8 nitrogen and oxygen atoms in total. The number of anilines is 1. The largest absolute Gasteiger partial charge is 0.493 e. The Morgan fingerprint density at radius 3 is 2.59 bits per heavy atom. The summed E-state index contributed by atoms with van der Waals surface area (Å²) < 4.78 is 10.5. The minimum Gasteiger partial charge on any atom is -0.493 e. The monoisotopic (exact) mass is 369 g/mol. The minimum absolute atomic E-state index is 0.0308. The molecule has 140 valence electrons. The van der Waals surface area contributed by atoms with Crippen molar-refractivity contribution in [3.63, 3.8) is 0 Å². The van der Waals surface area contributed by atoms with Crippen LogP contribution in [0.2, 0.25) is 0 Å². The highest BCUT2D eigenvalue weighted by Crippen LogP contribution is 2.15. The van der Waals surface area contributed by atoms with Gasteiger partial charge in [-0.15, -0.1) is 0 Å². The third kappa shape index (κ3) is 4.97. The van der Waals surface area contributed by atoms with E-state index in [0.29, 0.717) is 22.5 Å². The number of ether oxygens (including phenoxy) is 2. The molecule has 8 heteroatoms. The van der Waals surface area contributed by atoms with E-state index in [0.717, 1.165) is 0 Å². The number of aromatic amines is 2. The van der Waals surface area contributed by atoms with Crippen LogP contribution in [0.4, 0.5) is 5.69 Å². The van der Waals surface area contributed by atoms with Crippen molar-refractivity contribution in [2.45, 2.75) is 19.4 Å². The molecule has 0 saturated heterocycles. The predicted octanol–water partition coefficient (Wildman–Crippen LogP) is 2.20. The lowest BCUT2D eigenvalue weighted by molar-refractivity contribution is -0.153. The maximum absolute atomic E-state index is 12.2. The Morgan fingerprint density at radius 2 is 1.81 bits per heavy atom. The molecule has 0 spiro atoms. The van der Waals surface area contributed by atoms with Crippen molar-refractivity contribution in [1.29, 1.82) is 0 Å². The van der Waals surface area contributed by atoms with E-state index >= 15 is 0 Å². The van der Waals surface area contributed by atoms with Crippen LogP contribution in [0.1, 0.15) is 13.3 Å². The van der Waals surface area contributed by atoms with E-state index in [2.05, 4.69) is 15.3 Å². The topological polar surface area (TPSA) is 113 Å². The van der Waals surface area contributed by atoms with Gasteiger partial charge in [0, 0.05) is 5.69 Å². The molecule has 1 heterocycles. The Kier molecular flexibility index (Phi) is 5.55. The number of rotatable bonds is 7. The average Bonchev–Trinajstić information content (AvgIpc) is 3.01. The standard InChI is InChI=1S/C19H19N3O5/c1-12(27-17(23)9-10-26-14-5-3-2-4-6-14)18(24)20-13-7-8-15-16(11-13)22-19(25)21-15/h2-8,11-12H,9-10H2,1H3,(H,20,24)(H2,21,22,25)/t12-/m1/s1. The number of aromatic nitrogens is 2. The van der Waals surface area contributed by atoms with Crippen LogP contribution in [0.15, 0.2) is 53.3 Å². The molecule has 0 saturated carbocycles. The summed E-state index contributed by atoms with van der Waals surface area (Å²) in [5.41, 5.74) is 1.36. The molecule has 2 aromatic carbocycles. The van der Waals surface area contributed by atoms with Crippen LogP contribution < -0.4 is 15.7 Å². The van der Waals surface area contributed by atoms with Gasteiger partial charge in [0.25, 0.3) is 5.91 Å². The average molecular weight is 369 g/mol. The molecule has 3 rings (SSSR count). The molecule has 3 N–H and O–H groups in total. The highest BCUT2D eigenvalue weighted by molar-refractivity contribution is 5.96. The Labute approximate surface area is 154 Å². The van der Waals surface area contributed by atoms with Crippen LogP contribution >= 0.6 is 0 Å². The first-order valence-electron chi connectivity index (χ1n) is 8.41. The van der Waals surface area contributed by atoms with Gasteiger partial charge in [0.2, 0.25) is 0 Å². The summed E-state index contributed by atoms with van der Waals surface area (Å²) in [5.74, 6) is -0.335. The SMILES string of the molecule is C[C@@H](OC(=O)CCOc1ccccc1)C(=O)Nc1ccc2[nH]c(=O)[nH]c2c1. The van der Waals surface area contributed by atoms with E-state index in [4.69, 9.17) is 9.47 Å². The lowest BCUT2D eigenvalue weighted by Crippen LogP contribution is -2.30. The molecule has 0 radical (unpaired) electrons. The maximum atomic E-state index is 12.2. The van der Waals surface area contributed by atoms with Crippen molar-refractivity contribution in [2.75, 3.05) is 11.9 Å². The molecular weight excluding hydrogens is 350 g/mol. The van der Waals surface area contributed by atoms with Gasteiger partial charge in [0.1, 0.15) is 5.75 Å². The van der Waals surface area contributed by atoms with Gasteiger partial charge in [-0.1, -0.05) is 18.2 Å². The molecule has 1 aromatic heterocycles. The number of amides is 1. The molecule has 3 aromatic rings. The first-order chi connectivity index (χ1) is 13.0. The molecule has 1 amide bonds. The summed E-state index contributed by atoms with van der Waals surface area (Å²) in [4.78, 5) is 40.5. The van der Waals surface area contributed by atoms with Gasteiger partial charge in [-0.05, 0) is 37.3 Å². The van der Waals surface area contributed by atoms with Crippen LogP contribution in [0.25, 0.3) is 11.0 Å². The number of para-hydroxylation sites is 1. The van der Waals surface area contributed by atoms with Gasteiger partial charge in [0.15, 0.2) is 6.10 Å². The lowest BCUT2D eigenvalue weighted by atomic mass is 10.2. The van der Waals surface area contributed by atoms with Crippen molar-refractivity contribution in [3.05, 3.63) is 59.0 Å². The minimum atomic E-state index is -0.963. The van der Waals surface area contributed by atoms with Gasteiger partial charge in [0.05, 0.1) is 24.1 Å². The number of fused-ring (bicyclic) bond motifs is 1. The number of esters is 1. The predicted molar refractivity (Wildman–Crippen MR) is 99.7 cm³/mol. The molecule has 0 aliphatic rings. The first-order valence-corrected chi connectivity index (χ1v) is 8.41. The molecule has 1 atom stereocenters. The molecule has 0 aliphatic heterocycles. The number of H-pyrrole nitrogens is 2. The van der Waals surface area contributed by atoms with Crippen LogP contribution in [-0.2, 0) is 14.3 Å². The van der Waals surface area contributed by atoms with Gasteiger partial charge < -0.3 is 24.8 Å². The lowest BCUT2D eigenvalue weighted by Gasteiger charge is -2.14. The van der Waals surface area contributed by atoms with Crippen molar-refractivity contribution in [1.82, 2.24) is 9.97 Å². The highest BCUT2D eigenvalue weighted by atomic mass is 16.5. The fourth-order valence-electron chi connectivity index (χ4n) is 2.43. The van der Waals surface area contributed by atoms with Crippen LogP contribution in [0.3, 0.4) is 0 Å². The number of hydrogen-bond donors (Lipinski definition) is 3. The van der Waals surface area contributed by atoms with E-state index in [9.17, 15) is 14.4 Å².